The second-order valence-electron chi connectivity index (χ2n) is 3.56. The van der Waals surface area contributed by atoms with Gasteiger partial charge in [0, 0.05) is 0 Å². The summed E-state index contributed by atoms with van der Waals surface area (Å²) in [5.41, 5.74) is -0.813. The highest BCUT2D eigenvalue weighted by Crippen LogP contribution is 2.44. The molecule has 76 valence electrons. The molecule has 1 saturated carbocycles. The van der Waals surface area contributed by atoms with Crippen LogP contribution in [0, 0.1) is 5.41 Å². The number of sulfonamides is 1. The van der Waals surface area contributed by atoms with Gasteiger partial charge in [0.25, 0.3) is 0 Å². The van der Waals surface area contributed by atoms with E-state index in [0.29, 0.717) is 12.8 Å². The number of primary sulfonamides is 1. The Balaban J connectivity index is 2.56. The first-order valence-corrected chi connectivity index (χ1v) is 5.81. The van der Waals surface area contributed by atoms with Crippen LogP contribution in [0.2, 0.25) is 0 Å². The molecule has 0 bridgehead atoms. The van der Waals surface area contributed by atoms with E-state index in [4.69, 9.17) is 10.2 Å². The summed E-state index contributed by atoms with van der Waals surface area (Å²) in [5.74, 6) is -1.14. The molecule has 0 saturated heterocycles. The Labute approximate surface area is 77.0 Å². The van der Waals surface area contributed by atoms with Crippen LogP contribution in [-0.2, 0) is 14.8 Å². The summed E-state index contributed by atoms with van der Waals surface area (Å²) in [6.45, 7) is 0. The van der Waals surface area contributed by atoms with E-state index in [1.165, 1.54) is 0 Å². The minimum Gasteiger partial charge on any atom is -0.481 e. The van der Waals surface area contributed by atoms with E-state index in [-0.39, 0.29) is 12.2 Å². The Morgan fingerprint density at radius 2 is 2.00 bits per heavy atom. The molecule has 0 atom stereocenters. The van der Waals surface area contributed by atoms with Crippen LogP contribution >= 0.6 is 0 Å². The van der Waals surface area contributed by atoms with Gasteiger partial charge in [0.1, 0.15) is 0 Å². The smallest absolute Gasteiger partial charge is 0.309 e. The molecule has 0 amide bonds. The van der Waals surface area contributed by atoms with Crippen molar-refractivity contribution in [2.45, 2.75) is 25.7 Å². The van der Waals surface area contributed by atoms with Crippen LogP contribution in [0.5, 0.6) is 0 Å². The summed E-state index contributed by atoms with van der Waals surface area (Å²) in [6, 6.07) is 0. The van der Waals surface area contributed by atoms with E-state index in [1.807, 2.05) is 0 Å². The van der Waals surface area contributed by atoms with Gasteiger partial charge in [-0.05, 0) is 19.3 Å². The number of hydrogen-bond acceptors (Lipinski definition) is 3. The minimum atomic E-state index is -3.53. The van der Waals surface area contributed by atoms with Crippen molar-refractivity contribution in [3.8, 4) is 0 Å². The van der Waals surface area contributed by atoms with Crippen molar-refractivity contribution in [2.75, 3.05) is 5.75 Å². The molecule has 1 aliphatic carbocycles. The third-order valence-electron chi connectivity index (χ3n) is 2.63. The monoisotopic (exact) mass is 207 g/mol. The number of hydrogen-bond donors (Lipinski definition) is 2. The summed E-state index contributed by atoms with van der Waals surface area (Å²) in [7, 11) is -3.53. The van der Waals surface area contributed by atoms with Gasteiger partial charge in [0.05, 0.1) is 11.2 Å². The van der Waals surface area contributed by atoms with Crippen molar-refractivity contribution in [3.05, 3.63) is 0 Å². The van der Waals surface area contributed by atoms with Crippen molar-refractivity contribution in [2.24, 2.45) is 10.6 Å². The fraction of sp³-hybridized carbons (Fsp3) is 0.857. The van der Waals surface area contributed by atoms with Crippen LogP contribution in [0.4, 0.5) is 0 Å². The number of carboxylic acid groups (broad SMARTS) is 1. The Morgan fingerprint density at radius 1 is 1.46 bits per heavy atom. The fourth-order valence-electron chi connectivity index (χ4n) is 1.51. The van der Waals surface area contributed by atoms with Crippen LogP contribution in [0.25, 0.3) is 0 Å². The average molecular weight is 207 g/mol. The molecule has 5 nitrogen and oxygen atoms in total. The zero-order valence-corrected chi connectivity index (χ0v) is 8.01. The minimum absolute atomic E-state index is 0.140. The largest absolute Gasteiger partial charge is 0.481 e. The van der Waals surface area contributed by atoms with Crippen molar-refractivity contribution < 1.29 is 18.3 Å². The van der Waals surface area contributed by atoms with Gasteiger partial charge in [-0.2, -0.15) is 0 Å². The summed E-state index contributed by atoms with van der Waals surface area (Å²) >= 11 is 0. The molecule has 6 heteroatoms. The molecule has 0 radical (unpaired) electrons. The molecule has 0 unspecified atom stereocenters. The lowest BCUT2D eigenvalue weighted by molar-refractivity contribution is -0.154. The lowest BCUT2D eigenvalue weighted by Gasteiger charge is -2.37. The molecule has 1 aliphatic rings. The van der Waals surface area contributed by atoms with Crippen LogP contribution < -0.4 is 5.14 Å². The number of nitrogens with two attached hydrogens (primary N) is 1. The highest BCUT2D eigenvalue weighted by Gasteiger charge is 2.44. The van der Waals surface area contributed by atoms with Crippen LogP contribution in [0.3, 0.4) is 0 Å². The summed E-state index contributed by atoms with van der Waals surface area (Å²) in [4.78, 5) is 10.8. The predicted molar refractivity (Wildman–Crippen MR) is 46.5 cm³/mol. The normalized spacial score (nSPS) is 20.7. The molecule has 0 heterocycles. The second kappa shape index (κ2) is 3.26. The van der Waals surface area contributed by atoms with Crippen molar-refractivity contribution in [1.82, 2.24) is 0 Å². The number of aliphatic carboxylic acids is 1. The van der Waals surface area contributed by atoms with Gasteiger partial charge in [0.15, 0.2) is 0 Å². The fourth-order valence-corrected chi connectivity index (χ4v) is 2.19. The molecule has 1 fully saturated rings. The van der Waals surface area contributed by atoms with E-state index >= 15 is 0 Å². The summed E-state index contributed by atoms with van der Waals surface area (Å²) in [5, 5.41) is 13.6. The standard InChI is InChI=1S/C7H13NO4S/c8-13(11,12)5-4-7(6(9)10)2-1-3-7/h1-5H2,(H,9,10)(H2,8,11,12). The van der Waals surface area contributed by atoms with Crippen LogP contribution in [0.1, 0.15) is 25.7 Å². The Morgan fingerprint density at radius 3 is 2.23 bits per heavy atom. The Bertz CT molecular complexity index is 304. The van der Waals surface area contributed by atoms with Gasteiger partial charge in [0.2, 0.25) is 10.0 Å². The van der Waals surface area contributed by atoms with E-state index < -0.39 is 21.4 Å². The molecule has 13 heavy (non-hydrogen) atoms. The Kier molecular flexibility index (Phi) is 2.63. The molecule has 0 aromatic heterocycles. The first-order chi connectivity index (χ1) is 5.86. The molecule has 1 rings (SSSR count). The average Bonchev–Trinajstić information content (AvgIpc) is 1.80. The third-order valence-corrected chi connectivity index (χ3v) is 3.40. The van der Waals surface area contributed by atoms with Gasteiger partial charge < -0.3 is 5.11 Å². The van der Waals surface area contributed by atoms with E-state index in [2.05, 4.69) is 0 Å². The van der Waals surface area contributed by atoms with Gasteiger partial charge >= 0.3 is 5.97 Å². The first kappa shape index (κ1) is 10.5. The second-order valence-corrected chi connectivity index (χ2v) is 5.29. The SMILES string of the molecule is NS(=O)(=O)CCC1(C(=O)O)CCC1. The predicted octanol–water partition coefficient (Wildman–Crippen LogP) is -0.0801. The maximum absolute atomic E-state index is 10.8. The van der Waals surface area contributed by atoms with Gasteiger partial charge in [-0.15, -0.1) is 0 Å². The molecular weight excluding hydrogens is 194 g/mol. The van der Waals surface area contributed by atoms with Gasteiger partial charge in [-0.3, -0.25) is 4.79 Å². The summed E-state index contributed by atoms with van der Waals surface area (Å²) < 4.78 is 21.3. The van der Waals surface area contributed by atoms with Gasteiger partial charge in [-0.25, -0.2) is 13.6 Å². The number of carbonyl (C=O) groups is 1. The van der Waals surface area contributed by atoms with E-state index in [0.717, 1.165) is 6.42 Å². The van der Waals surface area contributed by atoms with E-state index in [1.54, 1.807) is 0 Å². The molecule has 0 spiro atoms. The molecular formula is C7H13NO4S. The highest BCUT2D eigenvalue weighted by atomic mass is 32.2. The molecule has 3 N–H and O–H groups in total. The molecule has 0 aromatic rings. The maximum atomic E-state index is 10.8. The van der Waals surface area contributed by atoms with Crippen LogP contribution in [-0.4, -0.2) is 25.2 Å². The number of rotatable bonds is 4. The van der Waals surface area contributed by atoms with Crippen molar-refractivity contribution in [3.63, 3.8) is 0 Å². The topological polar surface area (TPSA) is 97.5 Å². The van der Waals surface area contributed by atoms with Crippen LogP contribution in [0.15, 0.2) is 0 Å². The molecule has 0 aliphatic heterocycles. The van der Waals surface area contributed by atoms with E-state index in [9.17, 15) is 13.2 Å². The highest BCUT2D eigenvalue weighted by molar-refractivity contribution is 7.89. The lowest BCUT2D eigenvalue weighted by Crippen LogP contribution is -2.40. The quantitative estimate of drug-likeness (QED) is 0.673. The first-order valence-electron chi connectivity index (χ1n) is 4.10. The van der Waals surface area contributed by atoms with Crippen molar-refractivity contribution >= 4 is 16.0 Å². The molecule has 0 aromatic carbocycles. The van der Waals surface area contributed by atoms with Crippen molar-refractivity contribution in [1.29, 1.82) is 0 Å². The van der Waals surface area contributed by atoms with Gasteiger partial charge in [-0.1, -0.05) is 6.42 Å². The zero-order valence-electron chi connectivity index (χ0n) is 7.19. The summed E-state index contributed by atoms with van der Waals surface area (Å²) in [6.07, 6.45) is 2.13. The zero-order chi connectivity index (χ0) is 10.1. The lowest BCUT2D eigenvalue weighted by atomic mass is 9.67. The third kappa shape index (κ3) is 2.41. The Hall–Kier alpha value is -0.620. The maximum Gasteiger partial charge on any atom is 0.309 e. The number of carboxylic acids is 1.